The van der Waals surface area contributed by atoms with Crippen LogP contribution < -0.4 is 0 Å². The van der Waals surface area contributed by atoms with Crippen molar-refractivity contribution in [1.82, 2.24) is 4.98 Å². The average Bonchev–Trinajstić information content (AvgIpc) is 2.34. The zero-order valence-electron chi connectivity index (χ0n) is 9.12. The van der Waals surface area contributed by atoms with E-state index in [1.54, 1.807) is 24.3 Å². The molecule has 90 valence electrons. The summed E-state index contributed by atoms with van der Waals surface area (Å²) >= 11 is 12.0. The highest BCUT2D eigenvalue weighted by Crippen LogP contribution is 2.36. The second-order valence-electron chi connectivity index (χ2n) is 3.57. The minimum Gasteiger partial charge on any atom is -0.228 e. The first-order valence-corrected chi connectivity index (χ1v) is 5.85. The monoisotopic (exact) mass is 280 g/mol. The normalized spacial score (nSPS) is 10.1. The van der Waals surface area contributed by atoms with Crippen LogP contribution in [-0.4, -0.2) is 4.98 Å². The fourth-order valence-electron chi connectivity index (χ4n) is 1.69. The van der Waals surface area contributed by atoms with E-state index in [-0.39, 0.29) is 17.0 Å². The lowest BCUT2D eigenvalue weighted by Crippen LogP contribution is -1.96. The van der Waals surface area contributed by atoms with Crippen LogP contribution in [0, 0.1) is 17.3 Å². The van der Waals surface area contributed by atoms with Crippen molar-refractivity contribution in [2.24, 2.45) is 0 Å². The summed E-state index contributed by atoms with van der Waals surface area (Å²) in [6.45, 7) is 0. The predicted molar refractivity (Wildman–Crippen MR) is 69.0 cm³/mol. The van der Waals surface area contributed by atoms with Crippen molar-refractivity contribution in [3.63, 3.8) is 0 Å². The van der Waals surface area contributed by atoms with Crippen molar-refractivity contribution in [2.45, 2.75) is 6.42 Å². The lowest BCUT2D eigenvalue weighted by molar-refractivity contribution is 0.586. The van der Waals surface area contributed by atoms with Gasteiger partial charge >= 0.3 is 0 Å². The van der Waals surface area contributed by atoms with E-state index in [1.165, 1.54) is 6.20 Å². The first-order valence-electron chi connectivity index (χ1n) is 5.10. The summed E-state index contributed by atoms with van der Waals surface area (Å²) in [6, 6.07) is 8.52. The summed E-state index contributed by atoms with van der Waals surface area (Å²) in [4.78, 5) is 3.59. The minimum absolute atomic E-state index is 0.0810. The van der Waals surface area contributed by atoms with Crippen LogP contribution in [-0.2, 0) is 6.42 Å². The van der Waals surface area contributed by atoms with Crippen LogP contribution in [0.1, 0.15) is 5.56 Å². The largest absolute Gasteiger partial charge is 0.228 e. The lowest BCUT2D eigenvalue weighted by atomic mass is 10.00. The number of hydrogen-bond acceptors (Lipinski definition) is 2. The van der Waals surface area contributed by atoms with Gasteiger partial charge in [-0.15, -0.1) is 0 Å². The Kier molecular flexibility index (Phi) is 3.81. The van der Waals surface area contributed by atoms with E-state index in [0.29, 0.717) is 16.1 Å². The Hall–Kier alpha value is -1.63. The molecular formula is C13H7Cl2FN2. The quantitative estimate of drug-likeness (QED) is 0.771. The van der Waals surface area contributed by atoms with E-state index in [1.807, 2.05) is 6.07 Å². The summed E-state index contributed by atoms with van der Waals surface area (Å²) in [5, 5.41) is 9.34. The first-order chi connectivity index (χ1) is 8.65. The molecule has 5 heteroatoms. The fraction of sp³-hybridized carbons (Fsp3) is 0.0769. The smallest absolute Gasteiger partial charge is 0.221 e. The molecule has 0 aliphatic carbocycles. The summed E-state index contributed by atoms with van der Waals surface area (Å²) in [5.74, 6) is -0.660. The molecule has 0 N–H and O–H groups in total. The molecule has 0 atom stereocenters. The van der Waals surface area contributed by atoms with Crippen molar-refractivity contribution in [2.75, 3.05) is 0 Å². The maximum absolute atomic E-state index is 13.8. The molecule has 1 heterocycles. The average molecular weight is 281 g/mol. The summed E-state index contributed by atoms with van der Waals surface area (Å²) in [5.41, 5.74) is 1.21. The molecule has 2 aromatic rings. The minimum atomic E-state index is -0.660. The Morgan fingerprint density at radius 2 is 2.06 bits per heavy atom. The van der Waals surface area contributed by atoms with E-state index in [4.69, 9.17) is 28.5 Å². The van der Waals surface area contributed by atoms with E-state index in [2.05, 4.69) is 4.98 Å². The Morgan fingerprint density at radius 1 is 1.28 bits per heavy atom. The van der Waals surface area contributed by atoms with Gasteiger partial charge in [-0.2, -0.15) is 9.65 Å². The Labute approximate surface area is 114 Å². The van der Waals surface area contributed by atoms with Crippen LogP contribution in [0.3, 0.4) is 0 Å². The highest BCUT2D eigenvalue weighted by atomic mass is 35.5. The van der Waals surface area contributed by atoms with Gasteiger partial charge in [-0.05, 0) is 17.7 Å². The number of hydrogen-bond donors (Lipinski definition) is 0. The second kappa shape index (κ2) is 5.34. The summed E-state index contributed by atoms with van der Waals surface area (Å²) in [7, 11) is 0. The molecule has 2 rings (SSSR count). The number of aromatic nitrogens is 1. The molecule has 0 bridgehead atoms. The van der Waals surface area contributed by atoms with E-state index >= 15 is 0 Å². The topological polar surface area (TPSA) is 36.7 Å². The molecule has 0 saturated heterocycles. The maximum Gasteiger partial charge on any atom is 0.221 e. The third-order valence-electron chi connectivity index (χ3n) is 2.48. The highest BCUT2D eigenvalue weighted by molar-refractivity contribution is 6.43. The molecule has 0 spiro atoms. The number of benzene rings is 1. The molecule has 18 heavy (non-hydrogen) atoms. The third kappa shape index (κ3) is 2.31. The molecule has 0 aliphatic heterocycles. The highest BCUT2D eigenvalue weighted by Gasteiger charge is 2.16. The number of nitrogens with zero attached hydrogens (tertiary/aromatic N) is 2. The van der Waals surface area contributed by atoms with Gasteiger partial charge in [0.2, 0.25) is 5.95 Å². The molecule has 0 fully saturated rings. The van der Waals surface area contributed by atoms with Gasteiger partial charge < -0.3 is 0 Å². The van der Waals surface area contributed by atoms with Gasteiger partial charge in [0.25, 0.3) is 0 Å². The number of pyridine rings is 1. The van der Waals surface area contributed by atoms with E-state index in [9.17, 15) is 4.39 Å². The SMILES string of the molecule is N#CCc1ccnc(F)c1-c1cccc(Cl)c1Cl. The Morgan fingerprint density at radius 3 is 2.78 bits per heavy atom. The fourth-order valence-corrected chi connectivity index (χ4v) is 2.08. The third-order valence-corrected chi connectivity index (χ3v) is 3.30. The van der Waals surface area contributed by atoms with Gasteiger partial charge in [0, 0.05) is 17.3 Å². The molecule has 0 aliphatic rings. The lowest BCUT2D eigenvalue weighted by Gasteiger charge is -2.10. The van der Waals surface area contributed by atoms with Crippen LogP contribution in [0.5, 0.6) is 0 Å². The summed E-state index contributed by atoms with van der Waals surface area (Å²) in [6.07, 6.45) is 1.40. The van der Waals surface area contributed by atoms with Crippen molar-refractivity contribution < 1.29 is 4.39 Å². The zero-order chi connectivity index (χ0) is 13.1. The molecule has 2 nitrogen and oxygen atoms in total. The number of nitriles is 1. The Bertz CT molecular complexity index is 635. The Balaban J connectivity index is 2.71. The summed E-state index contributed by atoms with van der Waals surface area (Å²) < 4.78 is 13.8. The van der Waals surface area contributed by atoms with Gasteiger partial charge in [-0.25, -0.2) is 4.98 Å². The molecule has 0 unspecified atom stereocenters. The molecule has 0 saturated carbocycles. The predicted octanol–water partition coefficient (Wildman–Crippen LogP) is 4.26. The van der Waals surface area contributed by atoms with Crippen LogP contribution in [0.2, 0.25) is 10.0 Å². The van der Waals surface area contributed by atoms with Crippen LogP contribution in [0.25, 0.3) is 11.1 Å². The molecule has 1 aromatic carbocycles. The van der Waals surface area contributed by atoms with Crippen molar-refractivity contribution in [3.05, 3.63) is 52.0 Å². The molecule has 0 amide bonds. The maximum atomic E-state index is 13.8. The van der Waals surface area contributed by atoms with Crippen LogP contribution in [0.15, 0.2) is 30.5 Å². The van der Waals surface area contributed by atoms with Crippen molar-refractivity contribution in [1.29, 1.82) is 5.26 Å². The van der Waals surface area contributed by atoms with Gasteiger partial charge in [0.1, 0.15) is 0 Å². The number of halogens is 3. The van der Waals surface area contributed by atoms with E-state index in [0.717, 1.165) is 0 Å². The van der Waals surface area contributed by atoms with E-state index < -0.39 is 5.95 Å². The van der Waals surface area contributed by atoms with Crippen LogP contribution >= 0.6 is 23.2 Å². The first kappa shape index (κ1) is 12.8. The van der Waals surface area contributed by atoms with Gasteiger partial charge in [-0.1, -0.05) is 35.3 Å². The zero-order valence-corrected chi connectivity index (χ0v) is 10.6. The van der Waals surface area contributed by atoms with Crippen molar-refractivity contribution in [3.8, 4) is 17.2 Å². The van der Waals surface area contributed by atoms with Crippen LogP contribution in [0.4, 0.5) is 4.39 Å². The van der Waals surface area contributed by atoms with Gasteiger partial charge in [0.05, 0.1) is 22.5 Å². The second-order valence-corrected chi connectivity index (χ2v) is 4.36. The van der Waals surface area contributed by atoms with Gasteiger partial charge in [-0.3, -0.25) is 0 Å². The van der Waals surface area contributed by atoms with Gasteiger partial charge in [0.15, 0.2) is 0 Å². The molecule has 0 radical (unpaired) electrons. The molecule has 1 aromatic heterocycles. The van der Waals surface area contributed by atoms with Crippen molar-refractivity contribution >= 4 is 23.2 Å². The molecular weight excluding hydrogens is 274 g/mol. The number of rotatable bonds is 2. The standard InChI is InChI=1S/C13H7Cl2FN2/c14-10-3-1-2-9(12(10)15)11-8(4-6-17)5-7-18-13(11)16/h1-3,5,7H,4H2.